The molecule has 2 aromatic rings. The highest BCUT2D eigenvalue weighted by Crippen LogP contribution is 2.32. The number of nitrogens with one attached hydrogen (secondary N) is 1. The lowest BCUT2D eigenvalue weighted by molar-refractivity contribution is -0.125. The molecule has 6 nitrogen and oxygen atoms in total. The van der Waals surface area contributed by atoms with Gasteiger partial charge in [0.05, 0.1) is 5.71 Å². The highest BCUT2D eigenvalue weighted by atomic mass is 19.1. The number of benzene rings is 2. The Morgan fingerprint density at radius 1 is 1.24 bits per heavy atom. The Hall–Kier alpha value is -3.09. The van der Waals surface area contributed by atoms with E-state index in [-0.39, 0.29) is 31.7 Å². The molecule has 1 N–H and O–H groups in total. The Balaban J connectivity index is 1.49. The largest absolute Gasteiger partial charge is 0.454 e. The van der Waals surface area contributed by atoms with Crippen LogP contribution in [0.4, 0.5) is 4.39 Å². The fourth-order valence-electron chi connectivity index (χ4n) is 2.25. The first-order chi connectivity index (χ1) is 12.1. The first-order valence-electron chi connectivity index (χ1n) is 7.70. The fraction of sp³-hybridized carbons (Fsp3) is 0.222. The summed E-state index contributed by atoms with van der Waals surface area (Å²) in [6.45, 7) is 1.80. The summed E-state index contributed by atoms with van der Waals surface area (Å²) >= 11 is 0. The van der Waals surface area contributed by atoms with Gasteiger partial charge in [-0.05, 0) is 31.2 Å². The van der Waals surface area contributed by atoms with Gasteiger partial charge in [-0.2, -0.15) is 0 Å². The molecular weight excluding hydrogens is 327 g/mol. The van der Waals surface area contributed by atoms with Crippen LogP contribution in [0.1, 0.15) is 18.1 Å². The first kappa shape index (κ1) is 16.8. The third-order valence-electron chi connectivity index (χ3n) is 3.62. The van der Waals surface area contributed by atoms with E-state index in [9.17, 15) is 9.18 Å². The van der Waals surface area contributed by atoms with Crippen molar-refractivity contribution in [2.45, 2.75) is 13.5 Å². The van der Waals surface area contributed by atoms with E-state index in [1.54, 1.807) is 37.3 Å². The number of hydrogen-bond donors (Lipinski definition) is 1. The van der Waals surface area contributed by atoms with Crippen molar-refractivity contribution >= 4 is 11.6 Å². The minimum absolute atomic E-state index is 0.0969. The molecule has 1 amide bonds. The summed E-state index contributed by atoms with van der Waals surface area (Å²) in [7, 11) is 0. The lowest BCUT2D eigenvalue weighted by Gasteiger charge is -2.06. The van der Waals surface area contributed by atoms with Gasteiger partial charge in [0, 0.05) is 17.7 Å². The summed E-state index contributed by atoms with van der Waals surface area (Å²) in [6.07, 6.45) is 0. The van der Waals surface area contributed by atoms with Crippen LogP contribution in [0, 0.1) is 5.82 Å². The molecule has 0 unspecified atom stereocenters. The van der Waals surface area contributed by atoms with Crippen molar-refractivity contribution in [1.82, 2.24) is 5.32 Å². The Morgan fingerprint density at radius 3 is 2.88 bits per heavy atom. The van der Waals surface area contributed by atoms with E-state index in [0.29, 0.717) is 22.8 Å². The van der Waals surface area contributed by atoms with E-state index in [1.807, 2.05) is 6.07 Å². The highest BCUT2D eigenvalue weighted by Gasteiger charge is 2.14. The van der Waals surface area contributed by atoms with Crippen LogP contribution in [0.2, 0.25) is 0 Å². The fourth-order valence-corrected chi connectivity index (χ4v) is 2.25. The lowest BCUT2D eigenvalue weighted by atomic mass is 10.1. The maximum atomic E-state index is 13.5. The molecule has 0 saturated carbocycles. The summed E-state index contributed by atoms with van der Waals surface area (Å²) in [4.78, 5) is 16.8. The van der Waals surface area contributed by atoms with Crippen LogP contribution in [0.15, 0.2) is 47.6 Å². The van der Waals surface area contributed by atoms with Crippen molar-refractivity contribution in [3.8, 4) is 11.5 Å². The maximum Gasteiger partial charge on any atom is 0.261 e. The number of fused-ring (bicyclic) bond motifs is 1. The highest BCUT2D eigenvalue weighted by molar-refractivity contribution is 5.99. The van der Waals surface area contributed by atoms with Gasteiger partial charge in [-0.3, -0.25) is 4.79 Å². The number of amides is 1. The molecule has 25 heavy (non-hydrogen) atoms. The van der Waals surface area contributed by atoms with Crippen molar-refractivity contribution in [3.63, 3.8) is 0 Å². The molecule has 0 radical (unpaired) electrons. The van der Waals surface area contributed by atoms with Gasteiger partial charge in [0.1, 0.15) is 5.82 Å². The molecule has 1 aliphatic heterocycles. The minimum Gasteiger partial charge on any atom is -0.454 e. The van der Waals surface area contributed by atoms with E-state index in [4.69, 9.17) is 14.3 Å². The second-order valence-corrected chi connectivity index (χ2v) is 5.39. The van der Waals surface area contributed by atoms with Crippen LogP contribution in [0.25, 0.3) is 0 Å². The zero-order chi connectivity index (χ0) is 17.6. The first-order valence-corrected chi connectivity index (χ1v) is 7.70. The van der Waals surface area contributed by atoms with Gasteiger partial charge in [0.2, 0.25) is 6.79 Å². The van der Waals surface area contributed by atoms with Gasteiger partial charge in [-0.15, -0.1) is 0 Å². The molecule has 7 heteroatoms. The molecule has 0 fully saturated rings. The van der Waals surface area contributed by atoms with Crippen molar-refractivity contribution in [1.29, 1.82) is 0 Å². The van der Waals surface area contributed by atoms with Gasteiger partial charge in [0.25, 0.3) is 5.91 Å². The second kappa shape index (κ2) is 7.65. The van der Waals surface area contributed by atoms with Gasteiger partial charge < -0.3 is 19.6 Å². The topological polar surface area (TPSA) is 69.2 Å². The Kier molecular flexibility index (Phi) is 5.13. The van der Waals surface area contributed by atoms with Crippen molar-refractivity contribution in [2.75, 3.05) is 13.4 Å². The number of carbonyl (C=O) groups excluding carboxylic acids is 1. The second-order valence-electron chi connectivity index (χ2n) is 5.39. The molecule has 0 atom stereocenters. The molecular formula is C18H17FN2O4. The van der Waals surface area contributed by atoms with E-state index in [1.165, 1.54) is 6.07 Å². The normalized spacial score (nSPS) is 12.8. The van der Waals surface area contributed by atoms with Crippen LogP contribution in [0.5, 0.6) is 11.5 Å². The zero-order valence-electron chi connectivity index (χ0n) is 13.6. The summed E-state index contributed by atoms with van der Waals surface area (Å²) in [5.74, 6) is 0.588. The van der Waals surface area contributed by atoms with Crippen molar-refractivity contribution < 1.29 is 23.5 Å². The summed E-state index contributed by atoms with van der Waals surface area (Å²) in [6, 6.07) is 11.7. The van der Waals surface area contributed by atoms with Crippen LogP contribution >= 0.6 is 0 Å². The van der Waals surface area contributed by atoms with E-state index in [2.05, 4.69) is 10.5 Å². The summed E-state index contributed by atoms with van der Waals surface area (Å²) < 4.78 is 24.0. The molecule has 3 rings (SSSR count). The minimum atomic E-state index is -0.384. The van der Waals surface area contributed by atoms with E-state index in [0.717, 1.165) is 5.56 Å². The standard InChI is InChI=1S/C18H17FN2O4/c1-12(13-6-7-16-17(8-13)24-11-23-16)21-25-10-18(22)20-9-14-4-2-3-5-15(14)19/h2-8H,9-11H2,1H3,(H,20,22)/b21-12+. The van der Waals surface area contributed by atoms with Crippen LogP contribution in [-0.2, 0) is 16.2 Å². The van der Waals surface area contributed by atoms with E-state index < -0.39 is 0 Å². The van der Waals surface area contributed by atoms with Crippen molar-refractivity contribution in [3.05, 3.63) is 59.4 Å². The van der Waals surface area contributed by atoms with Gasteiger partial charge in [0.15, 0.2) is 18.1 Å². The van der Waals surface area contributed by atoms with Crippen LogP contribution < -0.4 is 14.8 Å². The number of oxime groups is 1. The summed E-state index contributed by atoms with van der Waals surface area (Å²) in [5.41, 5.74) is 1.81. The number of carbonyl (C=O) groups is 1. The molecule has 1 heterocycles. The van der Waals surface area contributed by atoms with Crippen molar-refractivity contribution in [2.24, 2.45) is 5.16 Å². The molecule has 0 aliphatic carbocycles. The molecule has 1 aliphatic rings. The predicted molar refractivity (Wildman–Crippen MR) is 89.0 cm³/mol. The number of hydrogen-bond acceptors (Lipinski definition) is 5. The van der Waals surface area contributed by atoms with Gasteiger partial charge in [-0.1, -0.05) is 23.4 Å². The molecule has 2 aromatic carbocycles. The molecule has 0 saturated heterocycles. The summed E-state index contributed by atoms with van der Waals surface area (Å²) in [5, 5.41) is 6.50. The SMILES string of the molecule is C/C(=N\OCC(=O)NCc1ccccc1F)c1ccc2c(c1)OCO2. The van der Waals surface area contributed by atoms with E-state index >= 15 is 0 Å². The van der Waals surface area contributed by atoms with Crippen LogP contribution in [-0.4, -0.2) is 25.0 Å². The van der Waals surface area contributed by atoms with Gasteiger partial charge >= 0.3 is 0 Å². The molecule has 0 bridgehead atoms. The molecule has 0 aromatic heterocycles. The van der Waals surface area contributed by atoms with Gasteiger partial charge in [-0.25, -0.2) is 4.39 Å². The number of ether oxygens (including phenoxy) is 2. The molecule has 0 spiro atoms. The smallest absolute Gasteiger partial charge is 0.261 e. The average Bonchev–Trinajstić information content (AvgIpc) is 3.08. The number of halogens is 1. The Morgan fingerprint density at radius 2 is 2.04 bits per heavy atom. The Bertz CT molecular complexity index is 807. The zero-order valence-corrected chi connectivity index (χ0v) is 13.6. The monoisotopic (exact) mass is 344 g/mol. The Labute approximate surface area is 144 Å². The maximum absolute atomic E-state index is 13.5. The predicted octanol–water partition coefficient (Wildman–Crippen LogP) is 2.61. The number of nitrogens with zero attached hydrogens (tertiary/aromatic N) is 1. The third-order valence-corrected chi connectivity index (χ3v) is 3.62. The quantitative estimate of drug-likeness (QED) is 0.646. The average molecular weight is 344 g/mol. The lowest BCUT2D eigenvalue weighted by Crippen LogP contribution is -2.26. The third kappa shape index (κ3) is 4.26. The molecule has 130 valence electrons. The van der Waals surface area contributed by atoms with Crippen LogP contribution in [0.3, 0.4) is 0 Å². The number of rotatable bonds is 6.